The topological polar surface area (TPSA) is 66.6 Å². The van der Waals surface area contributed by atoms with Crippen molar-refractivity contribution in [3.63, 3.8) is 0 Å². The second kappa shape index (κ2) is 5.80. The Balaban J connectivity index is 2.21. The van der Waals surface area contributed by atoms with Crippen LogP contribution in [0.5, 0.6) is 0 Å². The molecule has 0 bridgehead atoms. The third-order valence-corrected chi connectivity index (χ3v) is 5.04. The molecule has 2 aromatic carbocycles. The lowest BCUT2D eigenvalue weighted by atomic mass is 9.69. The Bertz CT molecular complexity index is 648. The van der Waals surface area contributed by atoms with E-state index in [4.69, 9.17) is 5.73 Å². The lowest BCUT2D eigenvalue weighted by molar-refractivity contribution is -0.147. The van der Waals surface area contributed by atoms with E-state index in [0.717, 1.165) is 11.1 Å². The van der Waals surface area contributed by atoms with Crippen molar-refractivity contribution in [3.8, 4) is 0 Å². The molecule has 3 rings (SSSR count). The standard InChI is InChI=1S/C19H22N2O2/c1-21-13-12-18(20,17(22)23)14-19(21,15-8-4-2-5-9-15)16-10-6-3-7-11-16/h2-11H,12-14,20H2,1H3,(H,22,23). The maximum atomic E-state index is 11.8. The van der Waals surface area contributed by atoms with Crippen molar-refractivity contribution < 1.29 is 9.90 Å². The highest BCUT2D eigenvalue weighted by Gasteiger charge is 2.51. The predicted octanol–water partition coefficient (Wildman–Crippen LogP) is 2.44. The van der Waals surface area contributed by atoms with E-state index in [1.165, 1.54) is 0 Å². The molecule has 1 unspecified atom stereocenters. The normalized spacial score (nSPS) is 24.3. The minimum Gasteiger partial charge on any atom is -0.480 e. The van der Waals surface area contributed by atoms with Gasteiger partial charge in [-0.05, 0) is 24.6 Å². The summed E-state index contributed by atoms with van der Waals surface area (Å²) in [6, 6.07) is 20.1. The summed E-state index contributed by atoms with van der Waals surface area (Å²) in [5.74, 6) is -0.929. The molecule has 0 aromatic heterocycles. The molecule has 1 aliphatic rings. The molecule has 23 heavy (non-hydrogen) atoms. The van der Waals surface area contributed by atoms with E-state index in [-0.39, 0.29) is 0 Å². The van der Waals surface area contributed by atoms with Crippen LogP contribution in [0.3, 0.4) is 0 Å². The molecule has 1 atom stereocenters. The highest BCUT2D eigenvalue weighted by Crippen LogP contribution is 2.45. The van der Waals surface area contributed by atoms with Crippen LogP contribution in [0.1, 0.15) is 24.0 Å². The van der Waals surface area contributed by atoms with E-state index in [9.17, 15) is 9.90 Å². The fraction of sp³-hybridized carbons (Fsp3) is 0.316. The van der Waals surface area contributed by atoms with Gasteiger partial charge in [0.05, 0.1) is 5.54 Å². The number of carboxylic acids is 1. The maximum absolute atomic E-state index is 11.8. The summed E-state index contributed by atoms with van der Waals surface area (Å²) in [6.07, 6.45) is 0.792. The summed E-state index contributed by atoms with van der Waals surface area (Å²) >= 11 is 0. The number of likely N-dealkylation sites (tertiary alicyclic amines) is 1. The molecule has 3 N–H and O–H groups in total. The SMILES string of the molecule is CN1CCC(N)(C(=O)O)CC1(c1ccccc1)c1ccccc1. The molecule has 0 saturated carbocycles. The second-order valence-electron chi connectivity index (χ2n) is 6.40. The molecule has 0 spiro atoms. The van der Waals surface area contributed by atoms with Gasteiger partial charge in [0, 0.05) is 13.0 Å². The third-order valence-electron chi connectivity index (χ3n) is 5.04. The number of carbonyl (C=O) groups is 1. The van der Waals surface area contributed by atoms with Crippen LogP contribution in [0.2, 0.25) is 0 Å². The minimum absolute atomic E-state index is 0.347. The fourth-order valence-corrected chi connectivity index (χ4v) is 3.66. The Morgan fingerprint density at radius 1 is 1.04 bits per heavy atom. The summed E-state index contributed by atoms with van der Waals surface area (Å²) in [5.41, 5.74) is 6.68. The van der Waals surface area contributed by atoms with Crippen molar-refractivity contribution in [2.24, 2.45) is 5.73 Å². The largest absolute Gasteiger partial charge is 0.480 e. The van der Waals surface area contributed by atoms with Crippen LogP contribution in [0.15, 0.2) is 60.7 Å². The first-order valence-corrected chi connectivity index (χ1v) is 7.84. The predicted molar refractivity (Wildman–Crippen MR) is 90.1 cm³/mol. The van der Waals surface area contributed by atoms with Gasteiger partial charge in [-0.25, -0.2) is 0 Å². The van der Waals surface area contributed by atoms with Crippen molar-refractivity contribution in [1.29, 1.82) is 0 Å². The monoisotopic (exact) mass is 310 g/mol. The van der Waals surface area contributed by atoms with E-state index in [0.29, 0.717) is 19.4 Å². The van der Waals surface area contributed by atoms with Gasteiger partial charge < -0.3 is 10.8 Å². The molecule has 4 nitrogen and oxygen atoms in total. The lowest BCUT2D eigenvalue weighted by Gasteiger charge is -2.51. The van der Waals surface area contributed by atoms with Gasteiger partial charge in [0.2, 0.25) is 0 Å². The third kappa shape index (κ3) is 2.54. The number of benzene rings is 2. The number of hydrogen-bond acceptors (Lipinski definition) is 3. The zero-order valence-electron chi connectivity index (χ0n) is 13.3. The van der Waals surface area contributed by atoms with Gasteiger partial charge in [0.1, 0.15) is 5.54 Å². The molecule has 0 aliphatic carbocycles. The summed E-state index contributed by atoms with van der Waals surface area (Å²) in [6.45, 7) is 0.632. The summed E-state index contributed by atoms with van der Waals surface area (Å²) in [5, 5.41) is 9.67. The maximum Gasteiger partial charge on any atom is 0.323 e. The first-order valence-electron chi connectivity index (χ1n) is 7.84. The highest BCUT2D eigenvalue weighted by molar-refractivity contribution is 5.79. The lowest BCUT2D eigenvalue weighted by Crippen LogP contribution is -2.63. The molecular formula is C19H22N2O2. The molecular weight excluding hydrogens is 288 g/mol. The van der Waals surface area contributed by atoms with Crippen LogP contribution in [-0.2, 0) is 10.3 Å². The van der Waals surface area contributed by atoms with Gasteiger partial charge >= 0.3 is 5.97 Å². The summed E-state index contributed by atoms with van der Waals surface area (Å²) in [4.78, 5) is 14.0. The van der Waals surface area contributed by atoms with Gasteiger partial charge in [0.25, 0.3) is 0 Å². The minimum atomic E-state index is -1.22. The zero-order chi connectivity index (χ0) is 16.5. The van der Waals surface area contributed by atoms with Crippen molar-refractivity contribution >= 4 is 5.97 Å². The number of hydrogen-bond donors (Lipinski definition) is 2. The number of carboxylic acid groups (broad SMARTS) is 1. The van der Waals surface area contributed by atoms with Crippen LogP contribution in [-0.4, -0.2) is 35.1 Å². The molecule has 1 aliphatic heterocycles. The van der Waals surface area contributed by atoms with E-state index in [1.54, 1.807) is 0 Å². The molecule has 4 heteroatoms. The average Bonchev–Trinajstić information content (AvgIpc) is 2.58. The second-order valence-corrected chi connectivity index (χ2v) is 6.40. The first-order chi connectivity index (χ1) is 11.0. The number of rotatable bonds is 3. The smallest absolute Gasteiger partial charge is 0.323 e. The van der Waals surface area contributed by atoms with Gasteiger partial charge in [-0.3, -0.25) is 9.69 Å². The Hall–Kier alpha value is -2.17. The Labute approximate surface area is 136 Å². The molecule has 1 saturated heterocycles. The Kier molecular flexibility index (Phi) is 3.96. The molecule has 1 heterocycles. The average molecular weight is 310 g/mol. The van der Waals surface area contributed by atoms with Crippen molar-refractivity contribution in [1.82, 2.24) is 4.90 Å². The van der Waals surface area contributed by atoms with Crippen LogP contribution in [0.25, 0.3) is 0 Å². The number of aliphatic carboxylic acids is 1. The molecule has 1 fully saturated rings. The zero-order valence-corrected chi connectivity index (χ0v) is 13.3. The van der Waals surface area contributed by atoms with Crippen LogP contribution >= 0.6 is 0 Å². The fourth-order valence-electron chi connectivity index (χ4n) is 3.66. The van der Waals surface area contributed by atoms with Crippen LogP contribution in [0.4, 0.5) is 0 Å². The van der Waals surface area contributed by atoms with Gasteiger partial charge in [-0.1, -0.05) is 60.7 Å². The summed E-state index contributed by atoms with van der Waals surface area (Å²) < 4.78 is 0. The molecule has 2 aromatic rings. The van der Waals surface area contributed by atoms with E-state index < -0.39 is 17.0 Å². The Morgan fingerprint density at radius 3 is 1.96 bits per heavy atom. The number of nitrogens with zero attached hydrogens (tertiary/aromatic N) is 1. The van der Waals surface area contributed by atoms with Crippen molar-refractivity contribution in [2.45, 2.75) is 23.9 Å². The van der Waals surface area contributed by atoms with E-state index in [2.05, 4.69) is 29.2 Å². The summed E-state index contributed by atoms with van der Waals surface area (Å²) in [7, 11) is 2.04. The van der Waals surface area contributed by atoms with Crippen LogP contribution in [0, 0.1) is 0 Å². The van der Waals surface area contributed by atoms with Crippen molar-refractivity contribution in [3.05, 3.63) is 71.8 Å². The van der Waals surface area contributed by atoms with E-state index in [1.807, 2.05) is 43.4 Å². The van der Waals surface area contributed by atoms with Gasteiger partial charge in [-0.2, -0.15) is 0 Å². The quantitative estimate of drug-likeness (QED) is 0.914. The molecule has 120 valence electrons. The number of piperidine rings is 1. The van der Waals surface area contributed by atoms with Gasteiger partial charge in [0.15, 0.2) is 0 Å². The van der Waals surface area contributed by atoms with E-state index >= 15 is 0 Å². The molecule has 0 radical (unpaired) electrons. The highest BCUT2D eigenvalue weighted by atomic mass is 16.4. The van der Waals surface area contributed by atoms with Crippen LogP contribution < -0.4 is 5.73 Å². The Morgan fingerprint density at radius 2 is 1.52 bits per heavy atom. The first kappa shape index (κ1) is 15.7. The van der Waals surface area contributed by atoms with Gasteiger partial charge in [-0.15, -0.1) is 0 Å². The molecule has 0 amide bonds. The number of nitrogens with two attached hydrogens (primary N) is 1. The van der Waals surface area contributed by atoms with Crippen molar-refractivity contribution in [2.75, 3.05) is 13.6 Å².